The Bertz CT molecular complexity index is 1120. The van der Waals surface area contributed by atoms with E-state index in [4.69, 9.17) is 0 Å². The molecule has 0 saturated carbocycles. The molecule has 0 N–H and O–H groups in total. The van der Waals surface area contributed by atoms with E-state index in [0.29, 0.717) is 50.5 Å². The number of ketones is 1. The largest absolute Gasteiger partial charge is 0.368 e. The fraction of sp³-hybridized carbons (Fsp3) is 0.409. The molecule has 2 heterocycles. The Morgan fingerprint density at radius 3 is 2.06 bits per heavy atom. The number of nitrogens with zero attached hydrogens (tertiary/aromatic N) is 4. The highest BCUT2D eigenvalue weighted by Crippen LogP contribution is 2.33. The van der Waals surface area contributed by atoms with Gasteiger partial charge in [0.1, 0.15) is 5.69 Å². The third-order valence-corrected chi connectivity index (χ3v) is 8.00. The minimum atomic E-state index is -3.72. The summed E-state index contributed by atoms with van der Waals surface area (Å²) in [5.74, 6) is 0.0175. The van der Waals surface area contributed by atoms with Gasteiger partial charge in [0.2, 0.25) is 10.0 Å². The van der Waals surface area contributed by atoms with Crippen LogP contribution in [0.2, 0.25) is 0 Å². The molecule has 32 heavy (non-hydrogen) atoms. The molecule has 2 aromatic carbocycles. The summed E-state index contributed by atoms with van der Waals surface area (Å²) in [6.07, 6.45) is 1.61. The van der Waals surface area contributed by atoms with E-state index in [9.17, 15) is 23.3 Å². The van der Waals surface area contributed by atoms with Crippen molar-refractivity contribution in [1.29, 1.82) is 0 Å². The van der Waals surface area contributed by atoms with E-state index in [-0.39, 0.29) is 16.4 Å². The molecule has 0 amide bonds. The second kappa shape index (κ2) is 8.87. The number of carbonyl (C=O) groups excluding carboxylic acids is 1. The summed E-state index contributed by atoms with van der Waals surface area (Å²) in [6.45, 7) is 4.87. The van der Waals surface area contributed by atoms with Crippen LogP contribution in [0.15, 0.2) is 47.4 Å². The fourth-order valence-corrected chi connectivity index (χ4v) is 5.81. The Morgan fingerprint density at radius 1 is 0.906 bits per heavy atom. The number of sulfonamides is 1. The standard InChI is InChI=1S/C22H26N4O5S/c1-17(27)18-4-6-19(7-5-18)23-12-14-24(15-13-23)21-9-8-20(16-22(21)26(28)29)32(30,31)25-10-2-3-11-25/h4-9,16H,2-3,10-15H2,1H3. The number of nitro groups is 1. The molecule has 0 atom stereocenters. The Labute approximate surface area is 187 Å². The highest BCUT2D eigenvalue weighted by Gasteiger charge is 2.31. The summed E-state index contributed by atoms with van der Waals surface area (Å²) in [5.41, 5.74) is 1.90. The molecule has 0 radical (unpaired) electrons. The molecule has 0 unspecified atom stereocenters. The van der Waals surface area contributed by atoms with Crippen LogP contribution in [0, 0.1) is 10.1 Å². The van der Waals surface area contributed by atoms with Gasteiger partial charge < -0.3 is 9.80 Å². The van der Waals surface area contributed by atoms with Crippen molar-refractivity contribution in [3.63, 3.8) is 0 Å². The number of piperazine rings is 1. The number of nitro benzene ring substituents is 1. The van der Waals surface area contributed by atoms with Gasteiger partial charge in [0.25, 0.3) is 5.69 Å². The first-order chi connectivity index (χ1) is 15.3. The average Bonchev–Trinajstić information content (AvgIpc) is 3.35. The lowest BCUT2D eigenvalue weighted by atomic mass is 10.1. The molecule has 10 heteroatoms. The quantitative estimate of drug-likeness (QED) is 0.372. The second-order valence-corrected chi connectivity index (χ2v) is 10.0. The molecule has 0 bridgehead atoms. The first-order valence-electron chi connectivity index (χ1n) is 10.7. The van der Waals surface area contributed by atoms with Crippen LogP contribution in [0.3, 0.4) is 0 Å². The van der Waals surface area contributed by atoms with Crippen LogP contribution in [-0.2, 0) is 10.0 Å². The van der Waals surface area contributed by atoms with Crippen molar-refractivity contribution >= 4 is 32.9 Å². The summed E-state index contributed by atoms with van der Waals surface area (Å²) in [5, 5.41) is 11.8. The van der Waals surface area contributed by atoms with Gasteiger partial charge in [-0.25, -0.2) is 8.42 Å². The van der Waals surface area contributed by atoms with E-state index in [2.05, 4.69) is 4.90 Å². The van der Waals surface area contributed by atoms with Gasteiger partial charge in [-0.3, -0.25) is 14.9 Å². The lowest BCUT2D eigenvalue weighted by Gasteiger charge is -2.37. The third-order valence-electron chi connectivity index (χ3n) is 6.11. The van der Waals surface area contributed by atoms with Crippen LogP contribution in [0.1, 0.15) is 30.1 Å². The maximum absolute atomic E-state index is 12.8. The SMILES string of the molecule is CC(=O)c1ccc(N2CCN(c3ccc(S(=O)(=O)N4CCCC4)cc3[N+](=O)[O-])CC2)cc1. The van der Waals surface area contributed by atoms with Crippen LogP contribution >= 0.6 is 0 Å². The van der Waals surface area contributed by atoms with Crippen LogP contribution in [0.5, 0.6) is 0 Å². The Hall–Kier alpha value is -2.98. The molecule has 9 nitrogen and oxygen atoms in total. The Kier molecular flexibility index (Phi) is 6.16. The van der Waals surface area contributed by atoms with Crippen LogP contribution < -0.4 is 9.80 Å². The zero-order chi connectivity index (χ0) is 22.9. The zero-order valence-electron chi connectivity index (χ0n) is 17.9. The smallest absolute Gasteiger partial charge is 0.293 e. The van der Waals surface area contributed by atoms with Crippen LogP contribution in [0.4, 0.5) is 17.1 Å². The monoisotopic (exact) mass is 458 g/mol. The lowest BCUT2D eigenvalue weighted by molar-refractivity contribution is -0.384. The van der Waals surface area contributed by atoms with Gasteiger partial charge in [-0.15, -0.1) is 0 Å². The van der Waals surface area contributed by atoms with Crippen molar-refractivity contribution in [2.75, 3.05) is 49.1 Å². The molecule has 2 fully saturated rings. The zero-order valence-corrected chi connectivity index (χ0v) is 18.8. The van der Waals surface area contributed by atoms with Crippen molar-refractivity contribution < 1.29 is 18.1 Å². The van der Waals surface area contributed by atoms with E-state index >= 15 is 0 Å². The number of hydrogen-bond acceptors (Lipinski definition) is 7. The maximum atomic E-state index is 12.8. The predicted molar refractivity (Wildman–Crippen MR) is 122 cm³/mol. The van der Waals surface area contributed by atoms with E-state index in [1.54, 1.807) is 18.2 Å². The van der Waals surface area contributed by atoms with E-state index in [1.807, 2.05) is 17.0 Å². The van der Waals surface area contributed by atoms with Gasteiger partial charge in [0.15, 0.2) is 5.78 Å². The lowest BCUT2D eigenvalue weighted by Crippen LogP contribution is -2.46. The van der Waals surface area contributed by atoms with Gasteiger partial charge in [-0.2, -0.15) is 4.31 Å². The number of rotatable bonds is 6. The molecular weight excluding hydrogens is 432 g/mol. The number of carbonyl (C=O) groups is 1. The molecule has 2 saturated heterocycles. The molecule has 2 aromatic rings. The fourth-order valence-electron chi connectivity index (χ4n) is 4.27. The van der Waals surface area contributed by atoms with Crippen molar-refractivity contribution in [2.45, 2.75) is 24.7 Å². The second-order valence-electron chi connectivity index (χ2n) is 8.10. The molecule has 0 spiro atoms. The van der Waals surface area contributed by atoms with Crippen molar-refractivity contribution in [1.82, 2.24) is 4.31 Å². The molecular formula is C22H26N4O5S. The molecule has 2 aliphatic rings. The third kappa shape index (κ3) is 4.33. The topological polar surface area (TPSA) is 104 Å². The first kappa shape index (κ1) is 22.2. The molecule has 170 valence electrons. The highest BCUT2D eigenvalue weighted by atomic mass is 32.2. The summed E-state index contributed by atoms with van der Waals surface area (Å²) in [7, 11) is -3.72. The molecule has 0 aromatic heterocycles. The van der Waals surface area contributed by atoms with Crippen LogP contribution in [0.25, 0.3) is 0 Å². The number of benzene rings is 2. The Balaban J connectivity index is 1.51. The van der Waals surface area contributed by atoms with Gasteiger partial charge in [-0.1, -0.05) is 0 Å². The minimum Gasteiger partial charge on any atom is -0.368 e. The normalized spacial score (nSPS) is 17.5. The van der Waals surface area contributed by atoms with Gasteiger partial charge in [-0.05, 0) is 56.2 Å². The van der Waals surface area contributed by atoms with Crippen molar-refractivity contribution in [3.05, 3.63) is 58.1 Å². The first-order valence-corrected chi connectivity index (χ1v) is 12.1. The molecule has 0 aliphatic carbocycles. The minimum absolute atomic E-state index is 0.0175. The van der Waals surface area contributed by atoms with Crippen LogP contribution in [-0.4, -0.2) is 62.7 Å². The number of Topliss-reactive ketones (excluding diaryl/α,β-unsaturated/α-hetero) is 1. The van der Waals surface area contributed by atoms with Crippen molar-refractivity contribution in [2.24, 2.45) is 0 Å². The summed E-state index contributed by atoms with van der Waals surface area (Å²) >= 11 is 0. The van der Waals surface area contributed by atoms with Gasteiger partial charge >= 0.3 is 0 Å². The van der Waals surface area contributed by atoms with E-state index < -0.39 is 14.9 Å². The number of anilines is 2. The molecule has 4 rings (SSSR count). The van der Waals surface area contributed by atoms with Gasteiger partial charge in [0, 0.05) is 56.6 Å². The Morgan fingerprint density at radius 2 is 1.50 bits per heavy atom. The maximum Gasteiger partial charge on any atom is 0.293 e. The summed E-state index contributed by atoms with van der Waals surface area (Å²) in [6, 6.07) is 11.6. The number of hydrogen-bond donors (Lipinski definition) is 0. The predicted octanol–water partition coefficient (Wildman–Crippen LogP) is 2.91. The average molecular weight is 459 g/mol. The van der Waals surface area contributed by atoms with Crippen molar-refractivity contribution in [3.8, 4) is 0 Å². The summed E-state index contributed by atoms with van der Waals surface area (Å²) in [4.78, 5) is 26.8. The van der Waals surface area contributed by atoms with Gasteiger partial charge in [0.05, 0.1) is 9.82 Å². The highest BCUT2D eigenvalue weighted by molar-refractivity contribution is 7.89. The van der Waals surface area contributed by atoms with E-state index in [0.717, 1.165) is 18.5 Å². The summed E-state index contributed by atoms with van der Waals surface area (Å²) < 4.78 is 27.0. The van der Waals surface area contributed by atoms with E-state index in [1.165, 1.54) is 23.4 Å². The molecule has 2 aliphatic heterocycles.